The lowest BCUT2D eigenvalue weighted by Gasteiger charge is -2.04. The molecular weight excluding hydrogens is 272 g/mol. The average molecular weight is 285 g/mol. The lowest BCUT2D eigenvalue weighted by atomic mass is 10.2. The van der Waals surface area contributed by atoms with Crippen molar-refractivity contribution in [2.75, 3.05) is 5.73 Å². The van der Waals surface area contributed by atoms with Gasteiger partial charge in [-0.05, 0) is 24.6 Å². The van der Waals surface area contributed by atoms with E-state index in [0.29, 0.717) is 28.2 Å². The van der Waals surface area contributed by atoms with E-state index in [1.165, 1.54) is 11.8 Å². The van der Waals surface area contributed by atoms with Crippen molar-refractivity contribution >= 4 is 29.1 Å². The number of halogens is 1. The van der Waals surface area contributed by atoms with Crippen LogP contribution in [-0.2, 0) is 12.3 Å². The van der Waals surface area contributed by atoms with E-state index in [0.717, 1.165) is 5.56 Å². The Morgan fingerprint density at radius 3 is 3.00 bits per heavy atom. The van der Waals surface area contributed by atoms with E-state index >= 15 is 0 Å². The first-order valence-electron chi connectivity index (χ1n) is 5.43. The van der Waals surface area contributed by atoms with Gasteiger partial charge < -0.3 is 5.73 Å². The molecule has 0 aliphatic rings. The highest BCUT2D eigenvalue weighted by Crippen LogP contribution is 2.24. The predicted molar refractivity (Wildman–Crippen MR) is 73.9 cm³/mol. The van der Waals surface area contributed by atoms with E-state index in [4.69, 9.17) is 17.3 Å². The van der Waals surface area contributed by atoms with Gasteiger partial charge in [0, 0.05) is 12.3 Å². The minimum atomic E-state index is -0.185. The van der Waals surface area contributed by atoms with E-state index < -0.39 is 0 Å². The number of nitrogen functional groups attached to an aromatic ring is 1. The molecule has 3 N–H and O–H groups in total. The van der Waals surface area contributed by atoms with Gasteiger partial charge in [0.2, 0.25) is 0 Å². The lowest BCUT2D eigenvalue weighted by molar-refractivity contribution is 0.660. The summed E-state index contributed by atoms with van der Waals surface area (Å²) >= 11 is 7.34. The van der Waals surface area contributed by atoms with Crippen LogP contribution >= 0.6 is 23.4 Å². The summed E-state index contributed by atoms with van der Waals surface area (Å²) in [6.45, 7) is 2.50. The lowest BCUT2D eigenvalue weighted by Crippen LogP contribution is -2.16. The molecule has 0 spiro atoms. The van der Waals surface area contributed by atoms with Gasteiger partial charge in [0.05, 0.1) is 10.7 Å². The Bertz CT molecular complexity index is 607. The number of hydrogen-bond donors (Lipinski definition) is 2. The average Bonchev–Trinajstić information content (AvgIpc) is 2.71. The van der Waals surface area contributed by atoms with Gasteiger partial charge >= 0.3 is 5.69 Å². The van der Waals surface area contributed by atoms with Crippen molar-refractivity contribution in [1.82, 2.24) is 14.8 Å². The van der Waals surface area contributed by atoms with E-state index in [1.54, 1.807) is 10.6 Å². The van der Waals surface area contributed by atoms with Crippen LogP contribution in [0.4, 0.5) is 5.69 Å². The molecule has 5 nitrogen and oxygen atoms in total. The topological polar surface area (TPSA) is 76.7 Å². The number of aromatic amines is 1. The maximum absolute atomic E-state index is 11.4. The first-order valence-corrected chi connectivity index (χ1v) is 6.80. The van der Waals surface area contributed by atoms with Crippen LogP contribution in [0.15, 0.2) is 28.2 Å². The third kappa shape index (κ3) is 2.70. The van der Waals surface area contributed by atoms with Crippen molar-refractivity contribution in [3.63, 3.8) is 0 Å². The van der Waals surface area contributed by atoms with Crippen molar-refractivity contribution in [2.24, 2.45) is 0 Å². The summed E-state index contributed by atoms with van der Waals surface area (Å²) in [5.74, 6) is 0.686. The summed E-state index contributed by atoms with van der Waals surface area (Å²) < 4.78 is 1.59. The molecule has 1 heterocycles. The number of nitrogens with two attached hydrogens (primary N) is 1. The highest BCUT2D eigenvalue weighted by Gasteiger charge is 2.07. The SMILES string of the molecule is CCn1c(SCc2ccc(Cl)c(N)c2)n[nH]c1=O. The highest BCUT2D eigenvalue weighted by atomic mass is 35.5. The number of aromatic nitrogens is 3. The van der Waals surface area contributed by atoms with E-state index in [2.05, 4.69) is 10.2 Å². The smallest absolute Gasteiger partial charge is 0.343 e. The van der Waals surface area contributed by atoms with Gasteiger partial charge in [-0.15, -0.1) is 5.10 Å². The molecule has 0 saturated heterocycles. The molecule has 0 atom stereocenters. The van der Waals surface area contributed by atoms with Crippen molar-refractivity contribution < 1.29 is 0 Å². The molecule has 96 valence electrons. The van der Waals surface area contributed by atoms with Gasteiger partial charge in [0.1, 0.15) is 0 Å². The standard InChI is InChI=1S/C11H13ClN4OS/c1-2-16-10(17)14-15-11(16)18-6-7-3-4-8(12)9(13)5-7/h3-5H,2,6,13H2,1H3,(H,14,17). The highest BCUT2D eigenvalue weighted by molar-refractivity contribution is 7.98. The van der Waals surface area contributed by atoms with Gasteiger partial charge in [-0.1, -0.05) is 29.4 Å². The Hall–Kier alpha value is -1.40. The summed E-state index contributed by atoms with van der Waals surface area (Å²) in [7, 11) is 0. The molecule has 18 heavy (non-hydrogen) atoms. The molecule has 7 heteroatoms. The maximum atomic E-state index is 11.4. The number of nitrogens with zero attached hydrogens (tertiary/aromatic N) is 2. The number of rotatable bonds is 4. The van der Waals surface area contributed by atoms with Crippen LogP contribution in [0.2, 0.25) is 5.02 Å². The van der Waals surface area contributed by atoms with Crippen LogP contribution < -0.4 is 11.4 Å². The molecular formula is C11H13ClN4OS. The number of hydrogen-bond acceptors (Lipinski definition) is 4. The fourth-order valence-electron chi connectivity index (χ4n) is 1.52. The Labute approximate surface area is 113 Å². The molecule has 1 aromatic heterocycles. The molecule has 2 rings (SSSR count). The van der Waals surface area contributed by atoms with Crippen LogP contribution in [0.25, 0.3) is 0 Å². The fraction of sp³-hybridized carbons (Fsp3) is 0.273. The number of H-pyrrole nitrogens is 1. The van der Waals surface area contributed by atoms with E-state index in [9.17, 15) is 4.79 Å². The molecule has 0 radical (unpaired) electrons. The molecule has 0 bridgehead atoms. The number of anilines is 1. The monoisotopic (exact) mass is 284 g/mol. The largest absolute Gasteiger partial charge is 0.398 e. The normalized spacial score (nSPS) is 10.8. The van der Waals surface area contributed by atoms with Crippen LogP contribution in [0.3, 0.4) is 0 Å². The van der Waals surface area contributed by atoms with Crippen LogP contribution in [-0.4, -0.2) is 14.8 Å². The van der Waals surface area contributed by atoms with Crippen molar-refractivity contribution in [1.29, 1.82) is 0 Å². The fourth-order valence-corrected chi connectivity index (χ4v) is 2.59. The second-order valence-corrected chi connectivity index (χ2v) is 5.05. The second kappa shape index (κ2) is 5.49. The maximum Gasteiger partial charge on any atom is 0.343 e. The summed E-state index contributed by atoms with van der Waals surface area (Å²) in [4.78, 5) is 11.4. The van der Waals surface area contributed by atoms with Crippen LogP contribution in [0, 0.1) is 0 Å². The molecule has 0 unspecified atom stereocenters. The third-order valence-corrected chi connectivity index (χ3v) is 3.86. The van der Waals surface area contributed by atoms with Gasteiger partial charge in [-0.3, -0.25) is 4.57 Å². The first-order chi connectivity index (χ1) is 8.61. The Balaban J connectivity index is 2.11. The van der Waals surface area contributed by atoms with E-state index in [-0.39, 0.29) is 5.69 Å². The molecule has 1 aromatic carbocycles. The second-order valence-electron chi connectivity index (χ2n) is 3.70. The predicted octanol–water partition coefficient (Wildman–Crippen LogP) is 2.12. The number of thioether (sulfide) groups is 1. The Kier molecular flexibility index (Phi) is 3.98. The van der Waals surface area contributed by atoms with Crippen LogP contribution in [0.5, 0.6) is 0 Å². The molecule has 2 aromatic rings. The van der Waals surface area contributed by atoms with Gasteiger partial charge in [0.15, 0.2) is 5.16 Å². The van der Waals surface area contributed by atoms with Crippen molar-refractivity contribution in [2.45, 2.75) is 24.4 Å². The zero-order valence-corrected chi connectivity index (χ0v) is 11.4. The summed E-state index contributed by atoms with van der Waals surface area (Å²) in [6.07, 6.45) is 0. The van der Waals surface area contributed by atoms with Gasteiger partial charge in [0.25, 0.3) is 0 Å². The first kappa shape index (κ1) is 13.0. The molecule has 0 aliphatic carbocycles. The third-order valence-electron chi connectivity index (χ3n) is 2.47. The Morgan fingerprint density at radius 2 is 2.33 bits per heavy atom. The van der Waals surface area contributed by atoms with E-state index in [1.807, 2.05) is 19.1 Å². The van der Waals surface area contributed by atoms with Gasteiger partial charge in [-0.25, -0.2) is 9.89 Å². The van der Waals surface area contributed by atoms with Crippen LogP contribution in [0.1, 0.15) is 12.5 Å². The van der Waals surface area contributed by atoms with Gasteiger partial charge in [-0.2, -0.15) is 0 Å². The zero-order chi connectivity index (χ0) is 13.1. The molecule has 0 saturated carbocycles. The quantitative estimate of drug-likeness (QED) is 0.666. The minimum absolute atomic E-state index is 0.185. The number of nitrogens with one attached hydrogen (secondary N) is 1. The Morgan fingerprint density at radius 1 is 1.56 bits per heavy atom. The molecule has 0 amide bonds. The molecule has 0 fully saturated rings. The number of benzene rings is 1. The van der Waals surface area contributed by atoms with Crippen molar-refractivity contribution in [3.05, 3.63) is 39.3 Å². The minimum Gasteiger partial charge on any atom is -0.398 e. The molecule has 0 aliphatic heterocycles. The summed E-state index contributed by atoms with van der Waals surface area (Å²) in [5, 5.41) is 7.64. The zero-order valence-electron chi connectivity index (χ0n) is 9.81. The summed E-state index contributed by atoms with van der Waals surface area (Å²) in [5.41, 5.74) is 7.15. The van der Waals surface area contributed by atoms with Crippen molar-refractivity contribution in [3.8, 4) is 0 Å². The summed E-state index contributed by atoms with van der Waals surface area (Å²) in [6, 6.07) is 5.51.